The van der Waals surface area contributed by atoms with Crippen LogP contribution in [0, 0.1) is 12.8 Å². The first-order valence-electron chi connectivity index (χ1n) is 5.78. The molecule has 2 aromatic rings. The van der Waals surface area contributed by atoms with Crippen LogP contribution < -0.4 is 5.32 Å². The lowest BCUT2D eigenvalue weighted by Gasteiger charge is -2.07. The molecule has 0 spiro atoms. The minimum Gasteiger partial charge on any atom is -0.334 e. The van der Waals surface area contributed by atoms with Crippen LogP contribution in [0.3, 0.4) is 0 Å². The van der Waals surface area contributed by atoms with E-state index in [0.717, 1.165) is 11.3 Å². The number of benzene rings is 1. The van der Waals surface area contributed by atoms with Gasteiger partial charge in [-0.2, -0.15) is 4.98 Å². The molecule has 0 aliphatic heterocycles. The van der Waals surface area contributed by atoms with Crippen molar-refractivity contribution in [3.8, 4) is 11.5 Å². The number of carbonyl (C=O) groups is 1. The van der Waals surface area contributed by atoms with E-state index < -0.39 is 0 Å². The Morgan fingerprint density at radius 1 is 1.28 bits per heavy atom. The molecule has 1 heterocycles. The maximum atomic E-state index is 11.5. The van der Waals surface area contributed by atoms with Gasteiger partial charge in [-0.15, -0.1) is 0 Å². The molecule has 0 bridgehead atoms. The van der Waals surface area contributed by atoms with Gasteiger partial charge in [-0.3, -0.25) is 4.79 Å². The molecule has 0 radical (unpaired) electrons. The Hall–Kier alpha value is -2.17. The van der Waals surface area contributed by atoms with E-state index in [4.69, 9.17) is 4.52 Å². The van der Waals surface area contributed by atoms with Crippen molar-refractivity contribution in [2.24, 2.45) is 5.92 Å². The number of anilines is 1. The summed E-state index contributed by atoms with van der Waals surface area (Å²) in [5, 5.41) is 6.55. The maximum absolute atomic E-state index is 11.5. The van der Waals surface area contributed by atoms with E-state index in [9.17, 15) is 4.79 Å². The van der Waals surface area contributed by atoms with Gasteiger partial charge in [0.1, 0.15) is 0 Å². The summed E-state index contributed by atoms with van der Waals surface area (Å²) in [6, 6.07) is 7.30. The van der Waals surface area contributed by atoms with Crippen LogP contribution in [0.25, 0.3) is 11.5 Å². The number of hydrogen-bond acceptors (Lipinski definition) is 4. The summed E-state index contributed by atoms with van der Waals surface area (Å²) < 4.78 is 5.06. The second-order valence-corrected chi connectivity index (χ2v) is 4.37. The Balaban J connectivity index is 2.13. The van der Waals surface area contributed by atoms with Gasteiger partial charge in [0.2, 0.25) is 5.91 Å². The van der Waals surface area contributed by atoms with Crippen LogP contribution in [-0.4, -0.2) is 16.0 Å². The molecule has 0 unspecified atom stereocenters. The van der Waals surface area contributed by atoms with Crippen molar-refractivity contribution in [1.82, 2.24) is 10.1 Å². The normalized spacial score (nSPS) is 10.7. The van der Waals surface area contributed by atoms with E-state index in [1.165, 1.54) is 0 Å². The Labute approximate surface area is 105 Å². The van der Waals surface area contributed by atoms with E-state index in [1.54, 1.807) is 6.92 Å². The van der Waals surface area contributed by atoms with Crippen LogP contribution in [0.15, 0.2) is 28.8 Å². The van der Waals surface area contributed by atoms with Crippen molar-refractivity contribution >= 4 is 11.6 Å². The van der Waals surface area contributed by atoms with Crippen LogP contribution in [0.2, 0.25) is 0 Å². The Kier molecular flexibility index (Phi) is 3.41. The standard InChI is InChI=1S/C13H15N3O2/c1-8(2)12(17)15-11-6-4-10(5-7-11)13-14-9(3)16-18-13/h4-8H,1-3H3,(H,15,17). The lowest BCUT2D eigenvalue weighted by molar-refractivity contribution is -0.118. The van der Waals surface area contributed by atoms with Gasteiger partial charge < -0.3 is 9.84 Å². The largest absolute Gasteiger partial charge is 0.334 e. The number of hydrogen-bond donors (Lipinski definition) is 1. The zero-order valence-corrected chi connectivity index (χ0v) is 10.6. The minimum absolute atomic E-state index is 0.00335. The highest BCUT2D eigenvalue weighted by molar-refractivity contribution is 5.92. The van der Waals surface area contributed by atoms with E-state index in [1.807, 2.05) is 38.1 Å². The molecule has 2 rings (SSSR count). The summed E-state index contributed by atoms with van der Waals surface area (Å²) in [5.74, 6) is 1.04. The second-order valence-electron chi connectivity index (χ2n) is 4.37. The fourth-order valence-corrected chi connectivity index (χ4v) is 1.40. The number of nitrogens with zero attached hydrogens (tertiary/aromatic N) is 2. The molecule has 94 valence electrons. The monoisotopic (exact) mass is 245 g/mol. The number of nitrogens with one attached hydrogen (secondary N) is 1. The Morgan fingerprint density at radius 2 is 1.94 bits per heavy atom. The van der Waals surface area contributed by atoms with Gasteiger partial charge in [0.25, 0.3) is 5.89 Å². The first-order chi connectivity index (χ1) is 8.56. The second kappa shape index (κ2) is 5.00. The summed E-state index contributed by atoms with van der Waals surface area (Å²) in [4.78, 5) is 15.7. The molecule has 0 aliphatic rings. The molecule has 0 atom stereocenters. The molecule has 5 nitrogen and oxygen atoms in total. The molecule has 1 aromatic heterocycles. The maximum Gasteiger partial charge on any atom is 0.257 e. The highest BCUT2D eigenvalue weighted by Crippen LogP contribution is 2.19. The number of aromatic nitrogens is 2. The van der Waals surface area contributed by atoms with Crippen molar-refractivity contribution in [1.29, 1.82) is 0 Å². The molecule has 18 heavy (non-hydrogen) atoms. The van der Waals surface area contributed by atoms with Gasteiger partial charge >= 0.3 is 0 Å². The average molecular weight is 245 g/mol. The fraction of sp³-hybridized carbons (Fsp3) is 0.308. The molecular weight excluding hydrogens is 230 g/mol. The quantitative estimate of drug-likeness (QED) is 0.902. The fourth-order valence-electron chi connectivity index (χ4n) is 1.40. The van der Waals surface area contributed by atoms with Crippen molar-refractivity contribution in [2.45, 2.75) is 20.8 Å². The zero-order valence-electron chi connectivity index (χ0n) is 10.6. The van der Waals surface area contributed by atoms with Gasteiger partial charge in [0.05, 0.1) is 0 Å². The van der Waals surface area contributed by atoms with E-state index in [0.29, 0.717) is 11.7 Å². The first kappa shape index (κ1) is 12.3. The molecule has 1 N–H and O–H groups in total. The lowest BCUT2D eigenvalue weighted by Crippen LogP contribution is -2.17. The van der Waals surface area contributed by atoms with Gasteiger partial charge in [-0.1, -0.05) is 19.0 Å². The minimum atomic E-state index is -0.0386. The van der Waals surface area contributed by atoms with Gasteiger partial charge in [-0.25, -0.2) is 0 Å². The van der Waals surface area contributed by atoms with E-state index >= 15 is 0 Å². The van der Waals surface area contributed by atoms with E-state index in [2.05, 4.69) is 15.5 Å². The third-order valence-corrected chi connectivity index (χ3v) is 2.45. The highest BCUT2D eigenvalue weighted by Gasteiger charge is 2.08. The molecule has 0 saturated carbocycles. The molecule has 0 saturated heterocycles. The third-order valence-electron chi connectivity index (χ3n) is 2.45. The number of carbonyl (C=O) groups excluding carboxylic acids is 1. The SMILES string of the molecule is Cc1noc(-c2ccc(NC(=O)C(C)C)cc2)n1. The molecule has 0 aliphatic carbocycles. The molecule has 5 heteroatoms. The smallest absolute Gasteiger partial charge is 0.257 e. The molecule has 1 aromatic carbocycles. The van der Waals surface area contributed by atoms with Crippen molar-refractivity contribution < 1.29 is 9.32 Å². The highest BCUT2D eigenvalue weighted by atomic mass is 16.5. The van der Waals surface area contributed by atoms with Crippen LogP contribution in [0.5, 0.6) is 0 Å². The van der Waals surface area contributed by atoms with Crippen molar-refractivity contribution in [3.63, 3.8) is 0 Å². The number of aryl methyl sites for hydroxylation is 1. The number of amides is 1. The predicted octanol–water partition coefficient (Wildman–Crippen LogP) is 2.64. The topological polar surface area (TPSA) is 68.0 Å². The average Bonchev–Trinajstić information content (AvgIpc) is 2.76. The van der Waals surface area contributed by atoms with Crippen LogP contribution in [0.4, 0.5) is 5.69 Å². The Morgan fingerprint density at radius 3 is 2.44 bits per heavy atom. The summed E-state index contributed by atoms with van der Waals surface area (Å²) in [6.07, 6.45) is 0. The summed E-state index contributed by atoms with van der Waals surface area (Å²) >= 11 is 0. The number of rotatable bonds is 3. The first-order valence-corrected chi connectivity index (χ1v) is 5.78. The summed E-state index contributed by atoms with van der Waals surface area (Å²) in [6.45, 7) is 5.47. The molecule has 1 amide bonds. The summed E-state index contributed by atoms with van der Waals surface area (Å²) in [5.41, 5.74) is 1.59. The van der Waals surface area contributed by atoms with Gasteiger partial charge in [0, 0.05) is 17.2 Å². The van der Waals surface area contributed by atoms with Crippen molar-refractivity contribution in [2.75, 3.05) is 5.32 Å². The van der Waals surface area contributed by atoms with Crippen LogP contribution in [-0.2, 0) is 4.79 Å². The van der Waals surface area contributed by atoms with Crippen LogP contribution in [0.1, 0.15) is 19.7 Å². The third kappa shape index (κ3) is 2.74. The lowest BCUT2D eigenvalue weighted by atomic mass is 10.1. The summed E-state index contributed by atoms with van der Waals surface area (Å²) in [7, 11) is 0. The Bertz CT molecular complexity index is 544. The van der Waals surface area contributed by atoms with Crippen LogP contribution >= 0.6 is 0 Å². The predicted molar refractivity (Wildman–Crippen MR) is 67.9 cm³/mol. The molecular formula is C13H15N3O2. The van der Waals surface area contributed by atoms with Gasteiger partial charge in [-0.05, 0) is 31.2 Å². The molecule has 0 fully saturated rings. The van der Waals surface area contributed by atoms with E-state index in [-0.39, 0.29) is 11.8 Å². The van der Waals surface area contributed by atoms with Crippen molar-refractivity contribution in [3.05, 3.63) is 30.1 Å². The zero-order chi connectivity index (χ0) is 13.1. The van der Waals surface area contributed by atoms with Gasteiger partial charge in [0.15, 0.2) is 5.82 Å².